The first-order valence-corrected chi connectivity index (χ1v) is 14.3. The topological polar surface area (TPSA) is 198 Å². The van der Waals surface area contributed by atoms with Crippen LogP contribution in [0.3, 0.4) is 0 Å². The Labute approximate surface area is 269 Å². The predicted molar refractivity (Wildman–Crippen MR) is 171 cm³/mol. The van der Waals surface area contributed by atoms with E-state index in [-0.39, 0.29) is 24.8 Å². The molecule has 3 amide bonds. The number of nitrogens with zero attached hydrogens (tertiary/aromatic N) is 4. The molecule has 0 radical (unpaired) electrons. The molecule has 0 aromatic carbocycles. The zero-order valence-corrected chi connectivity index (χ0v) is 27.6. The minimum atomic E-state index is -0.800. The van der Waals surface area contributed by atoms with E-state index in [2.05, 4.69) is 40.9 Å². The third-order valence-electron chi connectivity index (χ3n) is 4.92. The number of carbonyl (C=O) groups excluding carboxylic acids is 3. The van der Waals surface area contributed by atoms with E-state index in [9.17, 15) is 14.4 Å². The summed E-state index contributed by atoms with van der Waals surface area (Å²) in [5.74, 6) is -0.155. The number of rotatable bonds is 8. The monoisotopic (exact) mass is 636 g/mol. The molecule has 246 valence electrons. The molecule has 0 aliphatic rings. The molecule has 0 unspecified atom stereocenters. The van der Waals surface area contributed by atoms with Crippen LogP contribution in [0, 0.1) is 11.5 Å². The summed E-state index contributed by atoms with van der Waals surface area (Å²) in [6.07, 6.45) is 2.38. The van der Waals surface area contributed by atoms with Gasteiger partial charge in [0.2, 0.25) is 0 Å². The van der Waals surface area contributed by atoms with Crippen molar-refractivity contribution in [3.05, 3.63) is 47.8 Å². The average molecular weight is 637 g/mol. The van der Waals surface area contributed by atoms with Crippen LogP contribution in [-0.2, 0) is 32.0 Å². The van der Waals surface area contributed by atoms with E-state index in [0.29, 0.717) is 17.0 Å². The molecule has 0 fully saturated rings. The van der Waals surface area contributed by atoms with E-state index in [1.54, 1.807) is 99.0 Å². The van der Waals surface area contributed by atoms with Gasteiger partial charge >= 0.3 is 187 Å². The summed E-state index contributed by atoms with van der Waals surface area (Å²) in [6.45, 7) is 15.7. The Morgan fingerprint density at radius 3 is 1.72 bits per heavy atom. The van der Waals surface area contributed by atoms with Crippen LogP contribution < -0.4 is 21.3 Å². The first kappa shape index (κ1) is 37.0. The molecule has 0 atom stereocenters. The van der Waals surface area contributed by atoms with Gasteiger partial charge in [-0.25, -0.2) is 9.59 Å². The molecule has 0 aliphatic heterocycles. The van der Waals surface area contributed by atoms with Crippen molar-refractivity contribution >= 4 is 37.1 Å². The van der Waals surface area contributed by atoms with Crippen LogP contribution in [0.1, 0.15) is 73.4 Å². The normalized spacial score (nSPS) is 11.5. The summed E-state index contributed by atoms with van der Waals surface area (Å²) in [5, 5.41) is 19.2. The van der Waals surface area contributed by atoms with Gasteiger partial charge in [-0.15, -0.1) is 0 Å². The second-order valence-corrected chi connectivity index (χ2v) is 12.7. The maximum atomic E-state index is 12.4. The van der Waals surface area contributed by atoms with Crippen molar-refractivity contribution in [2.24, 2.45) is 4.99 Å². The van der Waals surface area contributed by atoms with E-state index < -0.39 is 35.1 Å². The Hall–Kier alpha value is -5.20. The van der Waals surface area contributed by atoms with Crippen LogP contribution in [0.2, 0.25) is 0 Å². The van der Waals surface area contributed by atoms with Gasteiger partial charge in [0.15, 0.2) is 0 Å². The van der Waals surface area contributed by atoms with Crippen LogP contribution in [0.15, 0.2) is 41.7 Å². The molecule has 2 aromatic heterocycles. The summed E-state index contributed by atoms with van der Waals surface area (Å²) in [4.78, 5) is 50.2. The summed E-state index contributed by atoms with van der Waals surface area (Å²) in [5.41, 5.74) is 0.407. The molecule has 15 nitrogen and oxygen atoms in total. The zero-order valence-electron chi connectivity index (χ0n) is 27.6. The molecule has 2 heterocycles. The molecule has 2 aromatic rings. The van der Waals surface area contributed by atoms with Gasteiger partial charge < -0.3 is 9.47 Å². The number of guanidine groups is 1. The van der Waals surface area contributed by atoms with E-state index in [1.807, 2.05) is 0 Å². The van der Waals surface area contributed by atoms with Crippen LogP contribution in [0.4, 0.5) is 14.4 Å². The molecule has 0 saturated heterocycles. The number of nitrogens with one attached hydrogen (secondary N) is 4. The number of ether oxygens (including phenoxy) is 3. The fraction of sp³-hybridized carbons (Fsp3) is 0.467. The summed E-state index contributed by atoms with van der Waals surface area (Å²) >= 11 is 0. The Morgan fingerprint density at radius 1 is 0.783 bits per heavy atom. The Morgan fingerprint density at radius 2 is 1.24 bits per heavy atom. The van der Waals surface area contributed by atoms with Crippen LogP contribution in [0.25, 0.3) is 11.4 Å². The molecule has 0 aliphatic carbocycles. The summed E-state index contributed by atoms with van der Waals surface area (Å²) < 4.78 is 20.5. The maximum absolute atomic E-state index is 12.4. The van der Waals surface area contributed by atoms with Gasteiger partial charge in [0.05, 0.1) is 0 Å². The van der Waals surface area contributed by atoms with Crippen molar-refractivity contribution in [3.8, 4) is 17.6 Å². The van der Waals surface area contributed by atoms with Crippen molar-refractivity contribution in [1.29, 1.82) is 5.26 Å². The number of alkyl carbamates (subject to hydrolysis) is 3. The van der Waals surface area contributed by atoms with Crippen molar-refractivity contribution < 1.29 is 33.2 Å². The van der Waals surface area contributed by atoms with Crippen molar-refractivity contribution in [1.82, 2.24) is 31.2 Å². The van der Waals surface area contributed by atoms with Gasteiger partial charge in [-0.1, -0.05) is 0 Å². The van der Waals surface area contributed by atoms with Crippen molar-refractivity contribution in [2.75, 3.05) is 0 Å². The number of aliphatic imine (C=N–C) groups is 1. The molecule has 16 heteroatoms. The molecule has 0 spiro atoms. The predicted octanol–water partition coefficient (Wildman–Crippen LogP) is 3.87. The van der Waals surface area contributed by atoms with Gasteiger partial charge in [0.1, 0.15) is 11.2 Å². The fourth-order valence-electron chi connectivity index (χ4n) is 3.33. The minimum absolute atomic E-state index is 0.0566. The Balaban J connectivity index is 2.21. The molecule has 46 heavy (non-hydrogen) atoms. The fourth-order valence-corrected chi connectivity index (χ4v) is 3.33. The SMILES string of the molecule is CC(C)(C)OC(=O)NC(=BOC#N)NCc1ccnc(-c2cc(CN=C(NC(=O)OC(C)(C)C)NC(=O)OC(C)(C)C)ccn2)c1. The molecular formula is C30H41BN8O7. The number of hydrogen-bond donors (Lipinski definition) is 4. The molecule has 0 saturated carbocycles. The number of carbonyl (C=O) groups is 3. The van der Waals surface area contributed by atoms with Gasteiger partial charge in [-0.05, 0) is 41.5 Å². The third-order valence-corrected chi connectivity index (χ3v) is 4.92. The Kier molecular flexibility index (Phi) is 13.0. The quantitative estimate of drug-likeness (QED) is 0.108. The third kappa shape index (κ3) is 15.5. The van der Waals surface area contributed by atoms with Gasteiger partial charge in [-0.3, -0.25) is 10.6 Å². The van der Waals surface area contributed by atoms with E-state index in [0.717, 1.165) is 12.7 Å². The summed E-state index contributed by atoms with van der Waals surface area (Å²) in [6, 6.07) is 7.04. The van der Waals surface area contributed by atoms with Gasteiger partial charge in [-0.2, -0.15) is 0 Å². The number of hydrogen-bond acceptors (Lipinski definition) is 12. The first-order valence-electron chi connectivity index (χ1n) is 14.3. The Bertz CT molecular complexity index is 1450. The molecule has 2 rings (SSSR count). The molecule has 4 N–H and O–H groups in total. The second-order valence-electron chi connectivity index (χ2n) is 12.7. The number of nitriles is 1. The van der Waals surface area contributed by atoms with Crippen molar-refractivity contribution in [2.45, 2.75) is 92.2 Å². The van der Waals surface area contributed by atoms with E-state index in [4.69, 9.17) is 19.5 Å². The summed E-state index contributed by atoms with van der Waals surface area (Å²) in [7, 11) is 1.06. The molecular weight excluding hydrogens is 595 g/mol. The van der Waals surface area contributed by atoms with Crippen LogP contribution in [-0.4, -0.2) is 63.8 Å². The standard InChI is InChI=1S/C30H41BN8O7/c1-28(2,3)44-25(40)37-23(31-43-18-32)35-16-19-10-12-33-21(14-19)22-15-20(11-13-34-22)17-36-24(38-26(41)45-29(4,5)6)39-27(42)46-30(7,8)9/h10-15,35H,16-17H2,1-9H3,(H,37,40)(H2,36,38,39,41,42). The zero-order chi connectivity index (χ0) is 34.5. The number of aromatic nitrogens is 2. The molecule has 0 bridgehead atoms. The van der Waals surface area contributed by atoms with Gasteiger partial charge in [0.25, 0.3) is 0 Å². The second kappa shape index (κ2) is 16.2. The van der Waals surface area contributed by atoms with Crippen LogP contribution >= 0.6 is 0 Å². The van der Waals surface area contributed by atoms with E-state index in [1.165, 1.54) is 6.26 Å². The first-order chi connectivity index (χ1) is 21.3. The van der Waals surface area contributed by atoms with Crippen molar-refractivity contribution in [3.63, 3.8) is 0 Å². The average Bonchev–Trinajstić information content (AvgIpc) is 2.90. The number of pyridine rings is 2. The van der Waals surface area contributed by atoms with E-state index >= 15 is 0 Å². The van der Waals surface area contributed by atoms with Gasteiger partial charge in [0, 0.05) is 0 Å². The number of amides is 3. The van der Waals surface area contributed by atoms with Crippen LogP contribution in [0.5, 0.6) is 0 Å².